The number of carbonyl (C=O) groups is 2. The number of hydrogen-bond donors (Lipinski definition) is 2. The summed E-state index contributed by atoms with van der Waals surface area (Å²) in [7, 11) is 0. The second-order valence-electron chi connectivity index (χ2n) is 5.53. The second-order valence-corrected chi connectivity index (χ2v) is 5.53. The number of hydrogen-bond acceptors (Lipinski definition) is 4. The van der Waals surface area contributed by atoms with Gasteiger partial charge in [0.25, 0.3) is 0 Å². The van der Waals surface area contributed by atoms with Gasteiger partial charge in [0.1, 0.15) is 5.75 Å². The molecule has 1 aromatic carbocycles. The number of anilines is 1. The molecule has 22 heavy (non-hydrogen) atoms. The van der Waals surface area contributed by atoms with E-state index in [-0.39, 0.29) is 17.9 Å². The lowest BCUT2D eigenvalue weighted by Gasteiger charge is -2.16. The highest BCUT2D eigenvalue weighted by atomic mass is 16.5. The lowest BCUT2D eigenvalue weighted by molar-refractivity contribution is -0.139. The monoisotopic (exact) mass is 307 g/mol. The first kappa shape index (κ1) is 16.3. The van der Waals surface area contributed by atoms with E-state index < -0.39 is 5.97 Å². The SMILES string of the molecule is CCOCC1(C(=O)Nc2ccc(OCC(=O)O)cc2C)CC1. The molecular weight excluding hydrogens is 286 g/mol. The van der Waals surface area contributed by atoms with Crippen molar-refractivity contribution in [3.8, 4) is 5.75 Å². The van der Waals surface area contributed by atoms with Crippen LogP contribution in [0.5, 0.6) is 5.75 Å². The molecule has 120 valence electrons. The van der Waals surface area contributed by atoms with Crippen molar-refractivity contribution in [2.75, 3.05) is 25.1 Å². The Hall–Kier alpha value is -2.08. The van der Waals surface area contributed by atoms with Crippen molar-refractivity contribution >= 4 is 17.6 Å². The molecule has 0 saturated heterocycles. The topological polar surface area (TPSA) is 84.9 Å². The molecular formula is C16H21NO5. The molecule has 0 unspecified atom stereocenters. The van der Waals surface area contributed by atoms with Gasteiger partial charge < -0.3 is 19.9 Å². The minimum absolute atomic E-state index is 0.0248. The zero-order chi connectivity index (χ0) is 16.2. The maximum absolute atomic E-state index is 12.4. The van der Waals surface area contributed by atoms with Crippen LogP contribution in [0.2, 0.25) is 0 Å². The van der Waals surface area contributed by atoms with E-state index >= 15 is 0 Å². The second kappa shape index (κ2) is 6.79. The third kappa shape index (κ3) is 3.98. The summed E-state index contributed by atoms with van der Waals surface area (Å²) in [6, 6.07) is 5.08. The first-order valence-electron chi connectivity index (χ1n) is 7.31. The predicted octanol–water partition coefficient (Wildman–Crippen LogP) is 2.21. The van der Waals surface area contributed by atoms with Crippen LogP contribution in [0.3, 0.4) is 0 Å². The summed E-state index contributed by atoms with van der Waals surface area (Å²) in [5.74, 6) is -0.585. The van der Waals surface area contributed by atoms with Crippen molar-refractivity contribution in [1.82, 2.24) is 0 Å². The van der Waals surface area contributed by atoms with E-state index in [1.165, 1.54) is 0 Å². The van der Waals surface area contributed by atoms with E-state index in [0.29, 0.717) is 24.7 Å². The number of aliphatic carboxylic acids is 1. The van der Waals surface area contributed by atoms with Crippen LogP contribution in [-0.4, -0.2) is 36.8 Å². The largest absolute Gasteiger partial charge is 0.482 e. The van der Waals surface area contributed by atoms with Crippen molar-refractivity contribution in [2.24, 2.45) is 5.41 Å². The molecule has 2 N–H and O–H groups in total. The summed E-state index contributed by atoms with van der Waals surface area (Å²) >= 11 is 0. The van der Waals surface area contributed by atoms with Crippen LogP contribution in [0.25, 0.3) is 0 Å². The van der Waals surface area contributed by atoms with E-state index in [1.807, 2.05) is 13.8 Å². The number of benzene rings is 1. The van der Waals surface area contributed by atoms with Gasteiger partial charge in [0.15, 0.2) is 6.61 Å². The quantitative estimate of drug-likeness (QED) is 0.769. The first-order chi connectivity index (χ1) is 10.5. The van der Waals surface area contributed by atoms with Gasteiger partial charge in [-0.25, -0.2) is 4.79 Å². The van der Waals surface area contributed by atoms with Gasteiger partial charge >= 0.3 is 5.97 Å². The van der Waals surface area contributed by atoms with E-state index in [1.54, 1.807) is 18.2 Å². The number of amides is 1. The molecule has 0 radical (unpaired) electrons. The number of rotatable bonds is 8. The van der Waals surface area contributed by atoms with Crippen molar-refractivity contribution in [3.05, 3.63) is 23.8 Å². The van der Waals surface area contributed by atoms with E-state index in [0.717, 1.165) is 18.4 Å². The molecule has 0 bridgehead atoms. The molecule has 1 fully saturated rings. The van der Waals surface area contributed by atoms with Gasteiger partial charge in [0.2, 0.25) is 5.91 Å². The number of ether oxygens (including phenoxy) is 2. The van der Waals surface area contributed by atoms with Gasteiger partial charge in [0, 0.05) is 12.3 Å². The van der Waals surface area contributed by atoms with Crippen LogP contribution >= 0.6 is 0 Å². The molecule has 0 atom stereocenters. The normalized spacial score (nSPS) is 15.2. The Morgan fingerprint density at radius 3 is 2.64 bits per heavy atom. The molecule has 0 aromatic heterocycles. The fraction of sp³-hybridized carbons (Fsp3) is 0.500. The highest BCUT2D eigenvalue weighted by Crippen LogP contribution is 2.47. The Bertz CT molecular complexity index is 566. The number of nitrogens with one attached hydrogen (secondary N) is 1. The zero-order valence-corrected chi connectivity index (χ0v) is 12.8. The summed E-state index contributed by atoms with van der Waals surface area (Å²) in [5.41, 5.74) is 1.14. The Kier molecular flexibility index (Phi) is 5.03. The maximum Gasteiger partial charge on any atom is 0.341 e. The summed E-state index contributed by atoms with van der Waals surface area (Å²) in [6.45, 7) is 4.42. The third-order valence-corrected chi connectivity index (χ3v) is 3.73. The van der Waals surface area contributed by atoms with Crippen LogP contribution in [0.1, 0.15) is 25.3 Å². The minimum Gasteiger partial charge on any atom is -0.482 e. The summed E-state index contributed by atoms with van der Waals surface area (Å²) in [6.07, 6.45) is 1.69. The van der Waals surface area contributed by atoms with Gasteiger partial charge in [0.05, 0.1) is 12.0 Å². The van der Waals surface area contributed by atoms with Crippen LogP contribution < -0.4 is 10.1 Å². The van der Waals surface area contributed by atoms with E-state index in [9.17, 15) is 9.59 Å². The molecule has 1 aliphatic rings. The lowest BCUT2D eigenvalue weighted by Crippen LogP contribution is -2.28. The average molecular weight is 307 g/mol. The molecule has 0 spiro atoms. The summed E-state index contributed by atoms with van der Waals surface area (Å²) in [5, 5.41) is 11.5. The molecule has 0 heterocycles. The van der Waals surface area contributed by atoms with Gasteiger partial charge in [-0.05, 0) is 50.5 Å². The molecule has 6 nitrogen and oxygen atoms in total. The fourth-order valence-electron chi connectivity index (χ4n) is 2.15. The number of carboxylic acid groups (broad SMARTS) is 1. The van der Waals surface area contributed by atoms with Crippen molar-refractivity contribution in [1.29, 1.82) is 0 Å². The van der Waals surface area contributed by atoms with Crippen molar-refractivity contribution in [2.45, 2.75) is 26.7 Å². The fourth-order valence-corrected chi connectivity index (χ4v) is 2.15. The van der Waals surface area contributed by atoms with Crippen molar-refractivity contribution in [3.63, 3.8) is 0 Å². The molecule has 1 saturated carbocycles. The smallest absolute Gasteiger partial charge is 0.341 e. The molecule has 2 rings (SSSR count). The number of carbonyl (C=O) groups excluding carboxylic acids is 1. The van der Waals surface area contributed by atoms with Gasteiger partial charge in [-0.3, -0.25) is 4.79 Å². The maximum atomic E-state index is 12.4. The Morgan fingerprint density at radius 1 is 1.36 bits per heavy atom. The number of aryl methyl sites for hydroxylation is 1. The highest BCUT2D eigenvalue weighted by Gasteiger charge is 2.50. The van der Waals surface area contributed by atoms with Crippen LogP contribution in [0.4, 0.5) is 5.69 Å². The van der Waals surface area contributed by atoms with Gasteiger partial charge in [-0.1, -0.05) is 0 Å². The standard InChI is InChI=1S/C16H21NO5/c1-3-21-10-16(6-7-16)15(20)17-13-5-4-12(8-11(13)2)22-9-14(18)19/h4-5,8H,3,6-7,9-10H2,1-2H3,(H,17,20)(H,18,19). The Morgan fingerprint density at radius 2 is 2.09 bits per heavy atom. The highest BCUT2D eigenvalue weighted by molar-refractivity contribution is 5.97. The van der Waals surface area contributed by atoms with Gasteiger partial charge in [-0.2, -0.15) is 0 Å². The zero-order valence-electron chi connectivity index (χ0n) is 12.8. The molecule has 0 aliphatic heterocycles. The molecule has 1 aromatic rings. The first-order valence-corrected chi connectivity index (χ1v) is 7.31. The average Bonchev–Trinajstić information content (AvgIpc) is 3.26. The van der Waals surface area contributed by atoms with Crippen molar-refractivity contribution < 1.29 is 24.2 Å². The third-order valence-electron chi connectivity index (χ3n) is 3.73. The summed E-state index contributed by atoms with van der Waals surface area (Å²) in [4.78, 5) is 22.8. The van der Waals surface area contributed by atoms with Crippen LogP contribution in [0.15, 0.2) is 18.2 Å². The molecule has 1 amide bonds. The molecule has 6 heteroatoms. The van der Waals surface area contributed by atoms with Crippen LogP contribution in [0, 0.1) is 12.3 Å². The molecule has 1 aliphatic carbocycles. The minimum atomic E-state index is -1.03. The van der Waals surface area contributed by atoms with Gasteiger partial charge in [-0.15, -0.1) is 0 Å². The van der Waals surface area contributed by atoms with E-state index in [4.69, 9.17) is 14.6 Å². The van der Waals surface area contributed by atoms with Crippen LogP contribution in [-0.2, 0) is 14.3 Å². The Labute approximate surface area is 129 Å². The number of carboxylic acids is 1. The predicted molar refractivity (Wildman–Crippen MR) is 81.1 cm³/mol. The Balaban J connectivity index is 1.98. The summed E-state index contributed by atoms with van der Waals surface area (Å²) < 4.78 is 10.5. The van der Waals surface area contributed by atoms with E-state index in [2.05, 4.69) is 5.32 Å². The lowest BCUT2D eigenvalue weighted by atomic mass is 10.1.